The molecule has 2 unspecified atom stereocenters. The normalized spacial score (nSPS) is 11.5. The molecule has 0 heterocycles. The van der Waals surface area contributed by atoms with Gasteiger partial charge in [0, 0.05) is 5.56 Å². The van der Waals surface area contributed by atoms with Crippen molar-refractivity contribution in [2.75, 3.05) is 0 Å². The Morgan fingerprint density at radius 1 is 0.889 bits per heavy atom. The summed E-state index contributed by atoms with van der Waals surface area (Å²) in [4.78, 5) is 26.1. The zero-order chi connectivity index (χ0) is 20.7. The third-order valence-electron chi connectivity index (χ3n) is 4.59. The third kappa shape index (κ3) is 5.40. The number of aryl methyl sites for hydroxylation is 2. The van der Waals surface area contributed by atoms with E-state index in [9.17, 15) is 9.59 Å². The molecule has 2 atom stereocenters. The standard InChI is InChI=1S/C22H26O3.H3OP/c1-13(2)25-22(24)20(18-10-8-7-9-11-18)21(23)19-15(4)12-14(3)16(5)17(19)6;1-2/h7-13,20H,1-6H3;2H3. The molecule has 0 aromatic heterocycles. The summed E-state index contributed by atoms with van der Waals surface area (Å²) in [7, 11) is 0.611. The van der Waals surface area contributed by atoms with Crippen LogP contribution in [0, 0.1) is 27.7 Å². The number of esters is 1. The van der Waals surface area contributed by atoms with E-state index in [2.05, 4.69) is 0 Å². The van der Waals surface area contributed by atoms with Gasteiger partial charge in [-0.05, 0) is 69.4 Å². The van der Waals surface area contributed by atoms with Crippen molar-refractivity contribution in [1.29, 1.82) is 0 Å². The Hall–Kier alpha value is -2.19. The van der Waals surface area contributed by atoms with Gasteiger partial charge in [0.05, 0.1) is 15.2 Å². The Kier molecular flexibility index (Phi) is 8.65. The molecule has 0 amide bonds. The Bertz CT molecular complexity index is 813. The fraction of sp³-hybridized carbons (Fsp3) is 0.364. The minimum Gasteiger partial charge on any atom is -0.462 e. The first-order chi connectivity index (χ1) is 12.7. The molecule has 0 spiro atoms. The second kappa shape index (κ2) is 10.2. The first kappa shape index (κ1) is 22.9. The van der Waals surface area contributed by atoms with E-state index in [1.165, 1.54) is 0 Å². The maximum atomic E-state index is 13.4. The van der Waals surface area contributed by atoms with Gasteiger partial charge in [-0.3, -0.25) is 9.59 Å². The van der Waals surface area contributed by atoms with Gasteiger partial charge in [0.25, 0.3) is 0 Å². The van der Waals surface area contributed by atoms with Crippen LogP contribution in [-0.4, -0.2) is 17.9 Å². The number of hydrogen-bond donors (Lipinski definition) is 0. The Morgan fingerprint density at radius 3 is 1.96 bits per heavy atom. The smallest absolute Gasteiger partial charge is 0.321 e. The first-order valence-electron chi connectivity index (χ1n) is 8.90. The number of benzene rings is 2. The third-order valence-corrected chi connectivity index (χ3v) is 4.59. The maximum Gasteiger partial charge on any atom is 0.321 e. The maximum absolute atomic E-state index is 13.4. The number of carbonyl (C=O) groups is 2. The molecule has 27 heavy (non-hydrogen) atoms. The Balaban J connectivity index is 0.00000176. The predicted molar refractivity (Wildman–Crippen MR) is 112 cm³/mol. The number of rotatable bonds is 5. The molecule has 0 saturated heterocycles. The van der Waals surface area contributed by atoms with E-state index < -0.39 is 11.9 Å². The number of Topliss-reactive ketones (excluding diaryl/α,β-unsaturated/α-hetero) is 1. The van der Waals surface area contributed by atoms with Crippen molar-refractivity contribution in [1.82, 2.24) is 0 Å². The van der Waals surface area contributed by atoms with Crippen molar-refractivity contribution in [2.24, 2.45) is 0 Å². The van der Waals surface area contributed by atoms with Crippen LogP contribution < -0.4 is 0 Å². The zero-order valence-corrected chi connectivity index (χ0v) is 18.4. The molecule has 0 aliphatic heterocycles. The zero-order valence-electron chi connectivity index (χ0n) is 17.0. The lowest BCUT2D eigenvalue weighted by atomic mass is 9.84. The fourth-order valence-electron chi connectivity index (χ4n) is 3.15. The summed E-state index contributed by atoms with van der Waals surface area (Å²) in [5.74, 6) is -1.64. The van der Waals surface area contributed by atoms with Crippen LogP contribution in [0.3, 0.4) is 0 Å². The molecule has 0 bridgehead atoms. The van der Waals surface area contributed by atoms with Gasteiger partial charge in [-0.25, -0.2) is 0 Å². The summed E-state index contributed by atoms with van der Waals surface area (Å²) in [5.41, 5.74) is 5.34. The Morgan fingerprint density at radius 2 is 1.44 bits per heavy atom. The number of carbonyl (C=O) groups excluding carboxylic acids is 2. The van der Waals surface area contributed by atoms with E-state index in [1.54, 1.807) is 26.0 Å². The summed E-state index contributed by atoms with van der Waals surface area (Å²) in [5, 5.41) is 0. The van der Waals surface area contributed by atoms with E-state index >= 15 is 0 Å². The number of ketones is 1. The molecule has 0 saturated carbocycles. The minimum atomic E-state index is -0.942. The molecule has 0 radical (unpaired) electrons. The highest BCUT2D eigenvalue weighted by Gasteiger charge is 2.33. The predicted octanol–water partition coefficient (Wildman–Crippen LogP) is 4.78. The second-order valence-corrected chi connectivity index (χ2v) is 6.83. The molecule has 5 heteroatoms. The van der Waals surface area contributed by atoms with Crippen LogP contribution in [0.2, 0.25) is 0 Å². The van der Waals surface area contributed by atoms with Crippen LogP contribution in [0.15, 0.2) is 36.4 Å². The van der Waals surface area contributed by atoms with Crippen molar-refractivity contribution in [3.8, 4) is 0 Å². The van der Waals surface area contributed by atoms with Gasteiger partial charge in [0.2, 0.25) is 0 Å². The fourth-order valence-corrected chi connectivity index (χ4v) is 3.15. The van der Waals surface area contributed by atoms with E-state index in [0.717, 1.165) is 22.3 Å². The molecule has 0 aliphatic carbocycles. The highest BCUT2D eigenvalue weighted by Crippen LogP contribution is 2.29. The van der Waals surface area contributed by atoms with Crippen LogP contribution in [0.5, 0.6) is 0 Å². The van der Waals surface area contributed by atoms with Gasteiger partial charge in [-0.15, -0.1) is 0 Å². The second-order valence-electron chi connectivity index (χ2n) is 6.83. The summed E-state index contributed by atoms with van der Waals surface area (Å²) in [6.45, 7) is 11.5. The van der Waals surface area contributed by atoms with Gasteiger partial charge >= 0.3 is 5.97 Å². The van der Waals surface area contributed by atoms with Crippen LogP contribution in [0.1, 0.15) is 57.9 Å². The summed E-state index contributed by atoms with van der Waals surface area (Å²) in [6.07, 6.45) is -0.270. The number of ether oxygens (including phenoxy) is 1. The Labute approximate surface area is 163 Å². The van der Waals surface area contributed by atoms with E-state index in [-0.39, 0.29) is 11.9 Å². The van der Waals surface area contributed by atoms with Crippen molar-refractivity contribution >= 4 is 20.9 Å². The molecule has 0 fully saturated rings. The van der Waals surface area contributed by atoms with Gasteiger partial charge in [0.1, 0.15) is 5.92 Å². The quantitative estimate of drug-likeness (QED) is 0.320. The molecule has 0 aliphatic rings. The number of hydrogen-bond acceptors (Lipinski definition) is 4. The van der Waals surface area contributed by atoms with Crippen molar-refractivity contribution < 1.29 is 18.9 Å². The lowest BCUT2D eigenvalue weighted by molar-refractivity contribution is -0.147. The summed E-state index contributed by atoms with van der Waals surface area (Å²) in [6, 6.07) is 11.1. The monoisotopic (exact) mass is 388 g/mol. The first-order valence-corrected chi connectivity index (χ1v) is 9.47. The highest BCUT2D eigenvalue weighted by molar-refractivity contribution is 7.00. The lowest BCUT2D eigenvalue weighted by Crippen LogP contribution is -2.27. The van der Waals surface area contributed by atoms with Crippen LogP contribution in [0.25, 0.3) is 0 Å². The highest BCUT2D eigenvalue weighted by atomic mass is 31.0. The van der Waals surface area contributed by atoms with E-state index in [4.69, 9.17) is 9.30 Å². The average molecular weight is 388 g/mol. The molecule has 146 valence electrons. The van der Waals surface area contributed by atoms with Crippen LogP contribution in [-0.2, 0) is 14.1 Å². The van der Waals surface area contributed by atoms with Crippen LogP contribution in [0.4, 0.5) is 0 Å². The van der Waals surface area contributed by atoms with E-state index in [0.29, 0.717) is 20.2 Å². The van der Waals surface area contributed by atoms with Crippen molar-refractivity contribution in [2.45, 2.75) is 53.6 Å². The van der Waals surface area contributed by atoms with Crippen molar-refractivity contribution in [3.63, 3.8) is 0 Å². The van der Waals surface area contributed by atoms with E-state index in [1.807, 2.05) is 52.0 Å². The molecular formula is C22H29O4P. The SMILES string of the molecule is Cc1cc(C)c(C(=O)C(C(=O)OC(C)C)c2ccccc2)c(C)c1C.O=[PH3]. The lowest BCUT2D eigenvalue weighted by Gasteiger charge is -2.21. The van der Waals surface area contributed by atoms with Gasteiger partial charge in [-0.2, -0.15) is 0 Å². The summed E-state index contributed by atoms with van der Waals surface area (Å²) < 4.78 is 13.7. The molecule has 4 nitrogen and oxygen atoms in total. The molecular weight excluding hydrogens is 359 g/mol. The summed E-state index contributed by atoms with van der Waals surface area (Å²) >= 11 is 0. The van der Waals surface area contributed by atoms with Gasteiger partial charge in [0.15, 0.2) is 5.78 Å². The van der Waals surface area contributed by atoms with Crippen molar-refractivity contribution in [3.05, 3.63) is 69.8 Å². The molecule has 2 rings (SSSR count). The molecule has 2 aromatic rings. The molecule has 2 aromatic carbocycles. The van der Waals surface area contributed by atoms with Crippen LogP contribution >= 0.6 is 9.12 Å². The molecule has 0 N–H and O–H groups in total. The largest absolute Gasteiger partial charge is 0.462 e. The topological polar surface area (TPSA) is 60.4 Å². The average Bonchev–Trinajstić information content (AvgIpc) is 2.62. The minimum absolute atomic E-state index is 0.199. The van der Waals surface area contributed by atoms with Gasteiger partial charge < -0.3 is 9.30 Å². The van der Waals surface area contributed by atoms with Gasteiger partial charge in [-0.1, -0.05) is 36.4 Å².